The maximum atomic E-state index is 12.3. The number of hydrogen-bond donors (Lipinski definition) is 1. The minimum atomic E-state index is -0.655. The van der Waals surface area contributed by atoms with Crippen LogP contribution in [0.1, 0.15) is 12.8 Å². The molecule has 0 unspecified atom stereocenters. The zero-order valence-electron chi connectivity index (χ0n) is 15.3. The molecule has 4 aromatic rings. The molecule has 0 radical (unpaired) electrons. The number of carbonyl (C=O) groups excluding carboxylic acids is 1. The third kappa shape index (κ3) is 4.01. The number of rotatable bonds is 6. The van der Waals surface area contributed by atoms with Gasteiger partial charge in [-0.15, -0.1) is 0 Å². The molecule has 28 heavy (non-hydrogen) atoms. The van der Waals surface area contributed by atoms with Crippen LogP contribution in [0.3, 0.4) is 0 Å². The standard InChI is InChI=1S/C22H19N3O3/c1-15(27-19-12-11-16-7-5-6-10-18(16)13-19)22(26)23-14-20-24-21(25-28-20)17-8-3-2-4-9-17/h2-13,15H,14H2,1H3,(H,23,26)/t15-/m1/s1. The molecule has 6 heteroatoms. The smallest absolute Gasteiger partial charge is 0.261 e. The Kier molecular flexibility index (Phi) is 5.01. The topological polar surface area (TPSA) is 77.2 Å². The first-order chi connectivity index (χ1) is 13.7. The minimum Gasteiger partial charge on any atom is -0.481 e. The molecule has 0 aliphatic carbocycles. The molecule has 3 aromatic carbocycles. The van der Waals surface area contributed by atoms with Crippen molar-refractivity contribution in [1.82, 2.24) is 15.5 Å². The van der Waals surface area contributed by atoms with E-state index in [0.29, 0.717) is 17.5 Å². The molecule has 6 nitrogen and oxygen atoms in total. The summed E-state index contributed by atoms with van der Waals surface area (Å²) in [5.41, 5.74) is 0.858. The van der Waals surface area contributed by atoms with Crippen molar-refractivity contribution in [2.24, 2.45) is 0 Å². The highest BCUT2D eigenvalue weighted by atomic mass is 16.5. The Morgan fingerprint density at radius 1 is 1.04 bits per heavy atom. The molecule has 1 aromatic heterocycles. The average molecular weight is 373 g/mol. The van der Waals surface area contributed by atoms with Crippen molar-refractivity contribution in [3.63, 3.8) is 0 Å². The van der Waals surface area contributed by atoms with Gasteiger partial charge < -0.3 is 14.6 Å². The normalized spacial score (nSPS) is 11.9. The molecule has 1 atom stereocenters. The summed E-state index contributed by atoms with van der Waals surface area (Å²) in [6.07, 6.45) is -0.655. The predicted molar refractivity (Wildman–Crippen MR) is 106 cm³/mol. The van der Waals surface area contributed by atoms with E-state index in [2.05, 4.69) is 15.5 Å². The summed E-state index contributed by atoms with van der Waals surface area (Å²) in [5.74, 6) is 1.22. The fraction of sp³-hybridized carbons (Fsp3) is 0.136. The monoisotopic (exact) mass is 373 g/mol. The summed E-state index contributed by atoms with van der Waals surface area (Å²) in [6, 6.07) is 23.3. The van der Waals surface area contributed by atoms with Gasteiger partial charge in [0.2, 0.25) is 11.7 Å². The van der Waals surface area contributed by atoms with Crippen molar-refractivity contribution in [3.8, 4) is 17.1 Å². The Balaban J connectivity index is 1.35. The maximum Gasteiger partial charge on any atom is 0.261 e. The Morgan fingerprint density at radius 3 is 2.61 bits per heavy atom. The van der Waals surface area contributed by atoms with Crippen LogP contribution >= 0.6 is 0 Å². The van der Waals surface area contributed by atoms with Gasteiger partial charge in [-0.1, -0.05) is 65.8 Å². The number of aromatic nitrogens is 2. The van der Waals surface area contributed by atoms with Crippen molar-refractivity contribution in [1.29, 1.82) is 0 Å². The van der Waals surface area contributed by atoms with E-state index in [9.17, 15) is 4.79 Å². The Hall–Kier alpha value is -3.67. The van der Waals surface area contributed by atoms with E-state index < -0.39 is 6.10 Å². The predicted octanol–water partition coefficient (Wildman–Crippen LogP) is 3.97. The molecule has 0 spiro atoms. The van der Waals surface area contributed by atoms with Gasteiger partial charge in [0, 0.05) is 5.56 Å². The minimum absolute atomic E-state index is 0.143. The maximum absolute atomic E-state index is 12.3. The number of nitrogens with zero attached hydrogens (tertiary/aromatic N) is 2. The second kappa shape index (κ2) is 7.92. The molecule has 0 saturated heterocycles. The number of fused-ring (bicyclic) bond motifs is 1. The molecular formula is C22H19N3O3. The second-order valence-electron chi connectivity index (χ2n) is 6.36. The van der Waals surface area contributed by atoms with Crippen LogP contribution in [0.25, 0.3) is 22.2 Å². The van der Waals surface area contributed by atoms with E-state index in [1.807, 2.05) is 72.8 Å². The summed E-state index contributed by atoms with van der Waals surface area (Å²) in [4.78, 5) is 16.6. The van der Waals surface area contributed by atoms with E-state index in [1.165, 1.54) is 0 Å². The average Bonchev–Trinajstić information content (AvgIpc) is 3.21. The zero-order valence-corrected chi connectivity index (χ0v) is 15.3. The summed E-state index contributed by atoms with van der Waals surface area (Å²) in [7, 11) is 0. The summed E-state index contributed by atoms with van der Waals surface area (Å²) >= 11 is 0. The number of carbonyl (C=O) groups is 1. The first-order valence-corrected chi connectivity index (χ1v) is 9.00. The van der Waals surface area contributed by atoms with E-state index >= 15 is 0 Å². The van der Waals surface area contributed by atoms with Crippen LogP contribution in [-0.2, 0) is 11.3 Å². The number of benzene rings is 3. The first kappa shape index (κ1) is 17.7. The molecule has 0 aliphatic heterocycles. The number of hydrogen-bond acceptors (Lipinski definition) is 5. The second-order valence-corrected chi connectivity index (χ2v) is 6.36. The Bertz CT molecular complexity index is 1090. The van der Waals surface area contributed by atoms with Crippen LogP contribution in [-0.4, -0.2) is 22.2 Å². The lowest BCUT2D eigenvalue weighted by Gasteiger charge is -2.14. The lowest BCUT2D eigenvalue weighted by molar-refractivity contribution is -0.127. The van der Waals surface area contributed by atoms with E-state index in [1.54, 1.807) is 6.92 Å². The van der Waals surface area contributed by atoms with Crippen molar-refractivity contribution >= 4 is 16.7 Å². The van der Waals surface area contributed by atoms with Crippen molar-refractivity contribution < 1.29 is 14.1 Å². The molecule has 0 aliphatic rings. The van der Waals surface area contributed by atoms with Crippen molar-refractivity contribution in [2.45, 2.75) is 19.6 Å². The van der Waals surface area contributed by atoms with E-state index in [-0.39, 0.29) is 12.5 Å². The van der Waals surface area contributed by atoms with Gasteiger partial charge in [-0.05, 0) is 29.8 Å². The van der Waals surface area contributed by atoms with Gasteiger partial charge in [0.25, 0.3) is 5.91 Å². The largest absolute Gasteiger partial charge is 0.481 e. The molecular weight excluding hydrogens is 354 g/mol. The van der Waals surface area contributed by atoms with Crippen molar-refractivity contribution in [2.75, 3.05) is 0 Å². The van der Waals surface area contributed by atoms with Crippen LogP contribution in [0.4, 0.5) is 0 Å². The molecule has 140 valence electrons. The summed E-state index contributed by atoms with van der Waals surface area (Å²) < 4.78 is 11.0. The first-order valence-electron chi connectivity index (χ1n) is 9.00. The third-order valence-electron chi connectivity index (χ3n) is 4.32. The van der Waals surface area contributed by atoms with Gasteiger partial charge in [0.05, 0.1) is 6.54 Å². The summed E-state index contributed by atoms with van der Waals surface area (Å²) in [5, 5.41) is 8.88. The van der Waals surface area contributed by atoms with Crippen LogP contribution in [0.5, 0.6) is 5.75 Å². The Labute approximate surface area is 162 Å². The molecule has 1 heterocycles. The number of nitrogens with one attached hydrogen (secondary N) is 1. The van der Waals surface area contributed by atoms with Gasteiger partial charge >= 0.3 is 0 Å². The van der Waals surface area contributed by atoms with Gasteiger partial charge in [0.15, 0.2) is 6.10 Å². The fourth-order valence-corrected chi connectivity index (χ4v) is 2.84. The quantitative estimate of drug-likeness (QED) is 0.553. The highest BCUT2D eigenvalue weighted by molar-refractivity contribution is 5.84. The molecule has 0 saturated carbocycles. The van der Waals surface area contributed by atoms with E-state index in [4.69, 9.17) is 9.26 Å². The van der Waals surface area contributed by atoms with Crippen molar-refractivity contribution in [3.05, 3.63) is 78.7 Å². The summed E-state index contributed by atoms with van der Waals surface area (Å²) in [6.45, 7) is 1.85. The van der Waals surface area contributed by atoms with Gasteiger partial charge in [-0.25, -0.2) is 0 Å². The lowest BCUT2D eigenvalue weighted by atomic mass is 10.1. The highest BCUT2D eigenvalue weighted by Gasteiger charge is 2.16. The van der Waals surface area contributed by atoms with Gasteiger partial charge in [-0.2, -0.15) is 4.98 Å². The van der Waals surface area contributed by atoms with Gasteiger partial charge in [0.1, 0.15) is 5.75 Å². The SMILES string of the molecule is C[C@@H](Oc1ccc2ccccc2c1)C(=O)NCc1nc(-c2ccccc2)no1. The van der Waals surface area contributed by atoms with Crippen LogP contribution in [0.15, 0.2) is 77.3 Å². The fourth-order valence-electron chi connectivity index (χ4n) is 2.84. The van der Waals surface area contributed by atoms with Crippen LogP contribution < -0.4 is 10.1 Å². The third-order valence-corrected chi connectivity index (χ3v) is 4.32. The lowest BCUT2D eigenvalue weighted by Crippen LogP contribution is -2.35. The zero-order chi connectivity index (χ0) is 19.3. The number of amides is 1. The van der Waals surface area contributed by atoms with Crippen LogP contribution in [0.2, 0.25) is 0 Å². The molecule has 1 N–H and O–H groups in total. The highest BCUT2D eigenvalue weighted by Crippen LogP contribution is 2.21. The van der Waals surface area contributed by atoms with Gasteiger partial charge in [-0.3, -0.25) is 4.79 Å². The Morgan fingerprint density at radius 2 is 1.79 bits per heavy atom. The van der Waals surface area contributed by atoms with E-state index in [0.717, 1.165) is 16.3 Å². The molecule has 1 amide bonds. The van der Waals surface area contributed by atoms with Crippen LogP contribution in [0, 0.1) is 0 Å². The molecule has 0 fully saturated rings. The molecule has 4 rings (SSSR count). The molecule has 0 bridgehead atoms. The number of ether oxygens (including phenoxy) is 1.